The summed E-state index contributed by atoms with van der Waals surface area (Å²) in [6, 6.07) is 6.69. The predicted molar refractivity (Wildman–Crippen MR) is 74.7 cm³/mol. The summed E-state index contributed by atoms with van der Waals surface area (Å²) in [4.78, 5) is 14.7. The highest BCUT2D eigenvalue weighted by atomic mass is 16.7. The van der Waals surface area contributed by atoms with Gasteiger partial charge in [0.25, 0.3) is 0 Å². The van der Waals surface area contributed by atoms with E-state index in [0.29, 0.717) is 12.0 Å². The number of carbonyl (C=O) groups is 1. The second-order valence-electron chi connectivity index (χ2n) is 4.81. The normalized spacial score (nSPS) is 24.4. The maximum atomic E-state index is 11.9. The van der Waals surface area contributed by atoms with Gasteiger partial charge >= 0.3 is 5.97 Å². The van der Waals surface area contributed by atoms with E-state index in [4.69, 9.17) is 19.7 Å². The maximum Gasteiger partial charge on any atom is 0.338 e. The summed E-state index contributed by atoms with van der Waals surface area (Å²) in [6.45, 7) is 1.97. The molecule has 21 heavy (non-hydrogen) atoms. The van der Waals surface area contributed by atoms with Crippen LogP contribution in [0.25, 0.3) is 10.4 Å². The minimum atomic E-state index is -0.486. The fraction of sp³-hybridized carbons (Fsp3) is 0.500. The number of esters is 1. The molecular weight excluding hydrogens is 274 g/mol. The molecular formula is C14H17N3O4. The van der Waals surface area contributed by atoms with Gasteiger partial charge in [-0.1, -0.05) is 22.8 Å². The molecule has 7 heteroatoms. The molecule has 0 radical (unpaired) electrons. The summed E-state index contributed by atoms with van der Waals surface area (Å²) >= 11 is 0. The van der Waals surface area contributed by atoms with E-state index < -0.39 is 24.4 Å². The molecule has 0 aromatic heterocycles. The molecule has 1 aliphatic heterocycles. The van der Waals surface area contributed by atoms with Crippen LogP contribution in [-0.2, 0) is 14.2 Å². The Bertz CT molecular complexity index is 540. The molecule has 3 atom stereocenters. The van der Waals surface area contributed by atoms with Gasteiger partial charge in [0.15, 0.2) is 6.29 Å². The quantitative estimate of drug-likeness (QED) is 0.360. The molecule has 0 spiro atoms. The van der Waals surface area contributed by atoms with Crippen LogP contribution >= 0.6 is 0 Å². The van der Waals surface area contributed by atoms with Gasteiger partial charge in [-0.3, -0.25) is 0 Å². The van der Waals surface area contributed by atoms with Gasteiger partial charge in [0.05, 0.1) is 11.6 Å². The van der Waals surface area contributed by atoms with Crippen LogP contribution in [0.5, 0.6) is 0 Å². The zero-order valence-electron chi connectivity index (χ0n) is 11.9. The molecule has 2 rings (SSSR count). The lowest BCUT2D eigenvalue weighted by molar-refractivity contribution is -0.124. The van der Waals surface area contributed by atoms with Gasteiger partial charge in [0, 0.05) is 18.4 Å². The third-order valence-electron chi connectivity index (χ3n) is 3.32. The Balaban J connectivity index is 1.93. The van der Waals surface area contributed by atoms with Crippen molar-refractivity contribution in [2.45, 2.75) is 31.8 Å². The Kier molecular flexibility index (Phi) is 5.16. The number of benzene rings is 1. The summed E-state index contributed by atoms with van der Waals surface area (Å²) < 4.78 is 15.8. The van der Waals surface area contributed by atoms with E-state index in [-0.39, 0.29) is 6.61 Å². The van der Waals surface area contributed by atoms with E-state index in [1.165, 1.54) is 7.11 Å². The fourth-order valence-electron chi connectivity index (χ4n) is 2.11. The molecule has 1 unspecified atom stereocenters. The Morgan fingerprint density at radius 1 is 1.48 bits per heavy atom. The molecule has 112 valence electrons. The Morgan fingerprint density at radius 3 is 2.81 bits per heavy atom. The number of carbonyl (C=O) groups excluding carboxylic acids is 1. The summed E-state index contributed by atoms with van der Waals surface area (Å²) in [5.74, 6) is -0.431. The van der Waals surface area contributed by atoms with E-state index in [2.05, 4.69) is 10.0 Å². The summed E-state index contributed by atoms with van der Waals surface area (Å²) in [5.41, 5.74) is 10.1. The van der Waals surface area contributed by atoms with Gasteiger partial charge < -0.3 is 14.2 Å². The standard InChI is InChI=1S/C14H17N3O4/c1-9-3-5-10(6-4-9)14(18)20-8-12-11(16-17-15)7-13(19-2)21-12/h3-6,11-13H,7-8H2,1-2H3/t11-,12+,13?/m0/s1. The number of methoxy groups -OCH3 is 1. The first kappa shape index (κ1) is 15.3. The Morgan fingerprint density at radius 2 is 2.19 bits per heavy atom. The molecule has 0 bridgehead atoms. The average molecular weight is 291 g/mol. The van der Waals surface area contributed by atoms with Gasteiger partial charge in [0.2, 0.25) is 0 Å². The van der Waals surface area contributed by atoms with E-state index in [1.54, 1.807) is 12.1 Å². The second-order valence-corrected chi connectivity index (χ2v) is 4.81. The lowest BCUT2D eigenvalue weighted by atomic mass is 10.1. The average Bonchev–Trinajstić information content (AvgIpc) is 2.88. The molecule has 1 saturated heterocycles. The predicted octanol–water partition coefficient (Wildman–Crippen LogP) is 2.59. The number of rotatable bonds is 5. The number of nitrogens with zero attached hydrogens (tertiary/aromatic N) is 3. The highest BCUT2D eigenvalue weighted by molar-refractivity contribution is 5.89. The van der Waals surface area contributed by atoms with Crippen LogP contribution in [0.4, 0.5) is 0 Å². The molecule has 1 fully saturated rings. The lowest BCUT2D eigenvalue weighted by Gasteiger charge is -2.15. The minimum absolute atomic E-state index is 0.0241. The molecule has 1 aliphatic rings. The van der Waals surface area contributed by atoms with Crippen molar-refractivity contribution in [1.29, 1.82) is 0 Å². The third kappa shape index (κ3) is 3.95. The number of hydrogen-bond donors (Lipinski definition) is 0. The Hall–Kier alpha value is -2.08. The van der Waals surface area contributed by atoms with Crippen LogP contribution in [0, 0.1) is 6.92 Å². The number of aryl methyl sites for hydroxylation is 1. The summed E-state index contributed by atoms with van der Waals surface area (Å²) in [7, 11) is 1.51. The van der Waals surface area contributed by atoms with E-state index in [1.807, 2.05) is 19.1 Å². The van der Waals surface area contributed by atoms with Crippen molar-refractivity contribution >= 4 is 5.97 Å². The van der Waals surface area contributed by atoms with Crippen molar-refractivity contribution in [3.05, 3.63) is 45.8 Å². The van der Waals surface area contributed by atoms with Crippen LogP contribution in [0.3, 0.4) is 0 Å². The maximum absolute atomic E-state index is 11.9. The highest BCUT2D eigenvalue weighted by Gasteiger charge is 2.35. The Labute approximate surface area is 122 Å². The van der Waals surface area contributed by atoms with Gasteiger partial charge in [0.1, 0.15) is 12.7 Å². The molecule has 1 aromatic rings. The first-order chi connectivity index (χ1) is 10.1. The van der Waals surface area contributed by atoms with Crippen molar-refractivity contribution < 1.29 is 19.0 Å². The van der Waals surface area contributed by atoms with Crippen molar-refractivity contribution in [3.8, 4) is 0 Å². The monoisotopic (exact) mass is 291 g/mol. The first-order valence-corrected chi connectivity index (χ1v) is 6.60. The van der Waals surface area contributed by atoms with Crippen molar-refractivity contribution in [2.24, 2.45) is 5.11 Å². The molecule has 0 saturated carbocycles. The van der Waals surface area contributed by atoms with Crippen LogP contribution in [0.2, 0.25) is 0 Å². The molecule has 1 heterocycles. The van der Waals surface area contributed by atoms with Crippen LogP contribution in [-0.4, -0.2) is 38.1 Å². The SMILES string of the molecule is COC1C[C@H](N=[N+]=[N-])[C@@H](COC(=O)c2ccc(C)cc2)O1. The molecule has 0 N–H and O–H groups in total. The van der Waals surface area contributed by atoms with Crippen LogP contribution < -0.4 is 0 Å². The van der Waals surface area contributed by atoms with E-state index in [0.717, 1.165) is 5.56 Å². The number of azide groups is 1. The third-order valence-corrected chi connectivity index (χ3v) is 3.32. The second kappa shape index (κ2) is 7.08. The lowest BCUT2D eigenvalue weighted by Crippen LogP contribution is -2.27. The van der Waals surface area contributed by atoms with Crippen LogP contribution in [0.15, 0.2) is 29.4 Å². The van der Waals surface area contributed by atoms with E-state index >= 15 is 0 Å². The minimum Gasteiger partial charge on any atom is -0.459 e. The topological polar surface area (TPSA) is 93.5 Å². The zero-order chi connectivity index (χ0) is 15.2. The highest BCUT2D eigenvalue weighted by Crippen LogP contribution is 2.24. The zero-order valence-corrected chi connectivity index (χ0v) is 11.9. The largest absolute Gasteiger partial charge is 0.459 e. The smallest absolute Gasteiger partial charge is 0.338 e. The van der Waals surface area contributed by atoms with Gasteiger partial charge in [-0.05, 0) is 24.6 Å². The number of hydrogen-bond acceptors (Lipinski definition) is 5. The summed E-state index contributed by atoms with van der Waals surface area (Å²) in [6.07, 6.45) is -0.475. The molecule has 7 nitrogen and oxygen atoms in total. The van der Waals surface area contributed by atoms with Crippen molar-refractivity contribution in [3.63, 3.8) is 0 Å². The fourth-order valence-corrected chi connectivity index (χ4v) is 2.11. The number of ether oxygens (including phenoxy) is 3. The molecule has 0 aliphatic carbocycles. The van der Waals surface area contributed by atoms with Crippen molar-refractivity contribution in [2.75, 3.05) is 13.7 Å². The van der Waals surface area contributed by atoms with Gasteiger partial charge in [-0.15, -0.1) is 0 Å². The van der Waals surface area contributed by atoms with Crippen molar-refractivity contribution in [1.82, 2.24) is 0 Å². The van der Waals surface area contributed by atoms with Crippen LogP contribution in [0.1, 0.15) is 22.3 Å². The molecule has 1 aromatic carbocycles. The van der Waals surface area contributed by atoms with Gasteiger partial charge in [-0.25, -0.2) is 4.79 Å². The summed E-state index contributed by atoms with van der Waals surface area (Å²) in [5, 5.41) is 3.65. The van der Waals surface area contributed by atoms with E-state index in [9.17, 15) is 4.79 Å². The molecule has 0 amide bonds. The first-order valence-electron chi connectivity index (χ1n) is 6.60. The van der Waals surface area contributed by atoms with Gasteiger partial charge in [-0.2, -0.15) is 0 Å².